The van der Waals surface area contributed by atoms with E-state index in [-0.39, 0.29) is 12.4 Å². The second kappa shape index (κ2) is 5.63. The van der Waals surface area contributed by atoms with Crippen LogP contribution in [0.15, 0.2) is 24.3 Å². The molecular weight excluding hydrogens is 275 g/mol. The van der Waals surface area contributed by atoms with Crippen molar-refractivity contribution in [1.82, 2.24) is 10.2 Å². The zero-order valence-corrected chi connectivity index (χ0v) is 12.0. The number of hydrogen-bond acceptors (Lipinski definition) is 3. The second-order valence-corrected chi connectivity index (χ2v) is 5.07. The minimum absolute atomic E-state index is 0.0139. The lowest BCUT2D eigenvalue weighted by molar-refractivity contribution is -0.152. The number of carbonyl (C=O) groups is 3. The molecule has 1 aliphatic rings. The minimum atomic E-state index is -1.20. The van der Waals surface area contributed by atoms with Crippen LogP contribution < -0.4 is 5.32 Å². The van der Waals surface area contributed by atoms with Crippen molar-refractivity contribution >= 4 is 17.8 Å². The summed E-state index contributed by atoms with van der Waals surface area (Å²) in [5.41, 5.74) is -0.580. The first kappa shape index (κ1) is 15.2. The highest BCUT2D eigenvalue weighted by atomic mass is 19.1. The Morgan fingerprint density at radius 3 is 2.19 bits per heavy atom. The van der Waals surface area contributed by atoms with Gasteiger partial charge in [-0.25, -0.2) is 9.18 Å². The molecule has 1 heterocycles. The van der Waals surface area contributed by atoms with Gasteiger partial charge in [0.1, 0.15) is 11.2 Å². The Bertz CT molecular complexity index is 579. The molecule has 0 unspecified atom stereocenters. The highest BCUT2D eigenvalue weighted by Crippen LogP contribution is 2.32. The summed E-state index contributed by atoms with van der Waals surface area (Å²) in [5, 5.41) is 2.24. The van der Waals surface area contributed by atoms with Crippen LogP contribution in [-0.4, -0.2) is 22.7 Å². The van der Waals surface area contributed by atoms with Crippen molar-refractivity contribution < 1.29 is 18.8 Å². The normalized spacial score (nSPS) is 17.9. The van der Waals surface area contributed by atoms with Crippen molar-refractivity contribution in [2.24, 2.45) is 5.41 Å². The van der Waals surface area contributed by atoms with Crippen LogP contribution in [0.4, 0.5) is 9.18 Å². The van der Waals surface area contributed by atoms with Gasteiger partial charge in [0.05, 0.1) is 6.54 Å². The number of urea groups is 1. The SMILES string of the molecule is CCC1(CC)C(=O)NC(=O)N(Cc2ccc(F)cc2)C1=O. The van der Waals surface area contributed by atoms with Crippen molar-refractivity contribution in [2.75, 3.05) is 0 Å². The lowest BCUT2D eigenvalue weighted by atomic mass is 9.78. The first-order valence-corrected chi connectivity index (χ1v) is 6.86. The summed E-state index contributed by atoms with van der Waals surface area (Å²) in [6.45, 7) is 3.50. The molecule has 0 aliphatic carbocycles. The van der Waals surface area contributed by atoms with Crippen molar-refractivity contribution in [1.29, 1.82) is 0 Å². The van der Waals surface area contributed by atoms with Gasteiger partial charge in [0.15, 0.2) is 0 Å². The molecule has 1 saturated heterocycles. The molecule has 1 fully saturated rings. The molecule has 0 radical (unpaired) electrons. The van der Waals surface area contributed by atoms with Gasteiger partial charge in [-0.1, -0.05) is 26.0 Å². The first-order valence-electron chi connectivity index (χ1n) is 6.86. The lowest BCUT2D eigenvalue weighted by Crippen LogP contribution is -2.63. The fourth-order valence-electron chi connectivity index (χ4n) is 2.52. The molecule has 0 bridgehead atoms. The van der Waals surface area contributed by atoms with Crippen LogP contribution in [0.1, 0.15) is 32.3 Å². The molecule has 0 atom stereocenters. The van der Waals surface area contributed by atoms with Crippen LogP contribution >= 0.6 is 0 Å². The summed E-state index contributed by atoms with van der Waals surface area (Å²) in [4.78, 5) is 37.5. The summed E-state index contributed by atoms with van der Waals surface area (Å²) in [5.74, 6) is -1.43. The quantitative estimate of drug-likeness (QED) is 0.865. The number of rotatable bonds is 4. The van der Waals surface area contributed by atoms with Gasteiger partial charge >= 0.3 is 6.03 Å². The zero-order chi connectivity index (χ0) is 15.6. The summed E-state index contributed by atoms with van der Waals surface area (Å²) < 4.78 is 12.9. The van der Waals surface area contributed by atoms with E-state index >= 15 is 0 Å². The molecule has 1 N–H and O–H groups in total. The predicted molar refractivity (Wildman–Crippen MR) is 73.5 cm³/mol. The van der Waals surface area contributed by atoms with E-state index in [1.807, 2.05) is 0 Å². The molecule has 0 aromatic heterocycles. The highest BCUT2D eigenvalue weighted by molar-refractivity contribution is 6.19. The Kier molecular flexibility index (Phi) is 4.06. The predicted octanol–water partition coefficient (Wildman–Crippen LogP) is 2.21. The van der Waals surface area contributed by atoms with Gasteiger partial charge in [0, 0.05) is 0 Å². The average molecular weight is 292 g/mol. The molecule has 21 heavy (non-hydrogen) atoms. The summed E-state index contributed by atoms with van der Waals surface area (Å²) >= 11 is 0. The van der Waals surface area contributed by atoms with Gasteiger partial charge in [-0.05, 0) is 30.5 Å². The highest BCUT2D eigenvalue weighted by Gasteiger charge is 2.51. The van der Waals surface area contributed by atoms with E-state index in [2.05, 4.69) is 5.32 Å². The Labute approximate surface area is 122 Å². The van der Waals surface area contributed by atoms with E-state index in [0.29, 0.717) is 18.4 Å². The molecule has 6 heteroatoms. The third-order valence-electron chi connectivity index (χ3n) is 4.02. The van der Waals surface area contributed by atoms with Crippen molar-refractivity contribution in [2.45, 2.75) is 33.2 Å². The molecule has 1 aromatic carbocycles. The molecule has 1 aromatic rings. The number of nitrogens with zero attached hydrogens (tertiary/aromatic N) is 1. The molecule has 1 aliphatic heterocycles. The van der Waals surface area contributed by atoms with Crippen LogP contribution in [0.5, 0.6) is 0 Å². The number of imide groups is 2. The number of benzene rings is 1. The van der Waals surface area contributed by atoms with E-state index in [1.165, 1.54) is 24.3 Å². The number of amides is 4. The largest absolute Gasteiger partial charge is 0.331 e. The van der Waals surface area contributed by atoms with E-state index in [9.17, 15) is 18.8 Å². The van der Waals surface area contributed by atoms with Crippen molar-refractivity contribution in [3.63, 3.8) is 0 Å². The van der Waals surface area contributed by atoms with Crippen LogP contribution in [0.2, 0.25) is 0 Å². The van der Waals surface area contributed by atoms with E-state index < -0.39 is 23.3 Å². The second-order valence-electron chi connectivity index (χ2n) is 5.07. The summed E-state index contributed by atoms with van der Waals surface area (Å²) in [6.07, 6.45) is 0.642. The Morgan fingerprint density at radius 2 is 1.67 bits per heavy atom. The van der Waals surface area contributed by atoms with Crippen molar-refractivity contribution in [3.05, 3.63) is 35.6 Å². The molecule has 5 nitrogen and oxygen atoms in total. The number of nitrogens with one attached hydrogen (secondary N) is 1. The Balaban J connectivity index is 2.29. The number of carbonyl (C=O) groups excluding carboxylic acids is 3. The van der Waals surface area contributed by atoms with Crippen LogP contribution in [-0.2, 0) is 16.1 Å². The average Bonchev–Trinajstić information content (AvgIpc) is 2.47. The molecule has 0 spiro atoms. The smallest absolute Gasteiger partial charge is 0.277 e. The van der Waals surface area contributed by atoms with Gasteiger partial charge in [0.2, 0.25) is 11.8 Å². The maximum atomic E-state index is 12.9. The third kappa shape index (κ3) is 2.53. The van der Waals surface area contributed by atoms with E-state index in [4.69, 9.17) is 0 Å². The maximum absolute atomic E-state index is 12.9. The fraction of sp³-hybridized carbons (Fsp3) is 0.400. The van der Waals surface area contributed by atoms with E-state index in [1.54, 1.807) is 13.8 Å². The van der Waals surface area contributed by atoms with Gasteiger partial charge in [-0.15, -0.1) is 0 Å². The standard InChI is InChI=1S/C15H17FN2O3/c1-3-15(4-2)12(19)17-14(21)18(13(15)20)9-10-5-7-11(16)8-6-10/h5-8H,3-4,9H2,1-2H3,(H,17,19,21). The van der Waals surface area contributed by atoms with Crippen LogP contribution in [0, 0.1) is 11.2 Å². The lowest BCUT2D eigenvalue weighted by Gasteiger charge is -2.38. The Morgan fingerprint density at radius 1 is 1.10 bits per heavy atom. The monoisotopic (exact) mass is 292 g/mol. The van der Waals surface area contributed by atoms with E-state index in [0.717, 1.165) is 4.90 Å². The maximum Gasteiger partial charge on any atom is 0.331 e. The van der Waals surface area contributed by atoms with Gasteiger partial charge in [-0.3, -0.25) is 19.8 Å². The van der Waals surface area contributed by atoms with Crippen molar-refractivity contribution in [3.8, 4) is 0 Å². The van der Waals surface area contributed by atoms with Gasteiger partial charge in [-0.2, -0.15) is 0 Å². The Hall–Kier alpha value is -2.24. The first-order chi connectivity index (χ1) is 9.94. The number of hydrogen-bond donors (Lipinski definition) is 1. The topological polar surface area (TPSA) is 66.5 Å². The zero-order valence-electron chi connectivity index (χ0n) is 12.0. The third-order valence-corrected chi connectivity index (χ3v) is 4.02. The molecule has 0 saturated carbocycles. The molecule has 2 rings (SSSR count). The van der Waals surface area contributed by atoms with Gasteiger partial charge < -0.3 is 0 Å². The summed E-state index contributed by atoms with van der Waals surface area (Å²) in [7, 11) is 0. The van der Waals surface area contributed by atoms with Crippen LogP contribution in [0.3, 0.4) is 0 Å². The molecular formula is C15H17FN2O3. The minimum Gasteiger partial charge on any atom is -0.277 e. The fourth-order valence-corrected chi connectivity index (χ4v) is 2.52. The number of barbiturate groups is 1. The van der Waals surface area contributed by atoms with Gasteiger partial charge in [0.25, 0.3) is 0 Å². The summed E-state index contributed by atoms with van der Waals surface area (Å²) in [6, 6.07) is 4.81. The molecule has 4 amide bonds. The number of halogens is 1. The molecule has 112 valence electrons. The van der Waals surface area contributed by atoms with Crippen LogP contribution in [0.25, 0.3) is 0 Å².